The molecule has 3 nitrogen and oxygen atoms in total. The van der Waals surface area contributed by atoms with Crippen LogP contribution in [0.2, 0.25) is 0 Å². The number of fused-ring (bicyclic) bond motifs is 2. The summed E-state index contributed by atoms with van der Waals surface area (Å²) in [5.74, 6) is 0.843. The fourth-order valence-electron chi connectivity index (χ4n) is 6.26. The first-order valence-electron chi connectivity index (χ1n) is 15.0. The van der Waals surface area contributed by atoms with Gasteiger partial charge in [-0.3, -0.25) is 0 Å². The third-order valence-electron chi connectivity index (χ3n) is 8.51. The molecule has 0 amide bonds. The quantitative estimate of drug-likeness (QED) is 0.177. The van der Waals surface area contributed by atoms with Crippen molar-refractivity contribution in [2.45, 2.75) is 13.8 Å². The molecule has 0 aliphatic carbocycles. The van der Waals surface area contributed by atoms with Gasteiger partial charge in [-0.25, -0.2) is 0 Å². The lowest BCUT2D eigenvalue weighted by molar-refractivity contribution is 0.415. The van der Waals surface area contributed by atoms with Gasteiger partial charge in [-0.2, -0.15) is 0 Å². The number of aryl methyl sites for hydroxylation is 2. The van der Waals surface area contributed by atoms with Gasteiger partial charge in [0.15, 0.2) is 0 Å². The predicted octanol–water partition coefficient (Wildman–Crippen LogP) is 11.6. The Kier molecular flexibility index (Phi) is 7.21. The summed E-state index contributed by atoms with van der Waals surface area (Å²) in [5.41, 5.74) is 9.29. The molecule has 214 valence electrons. The summed E-state index contributed by atoms with van der Waals surface area (Å²) in [4.78, 5) is 4.63. The van der Waals surface area contributed by atoms with E-state index in [4.69, 9.17) is 4.74 Å². The number of anilines is 6. The molecule has 0 saturated heterocycles. The van der Waals surface area contributed by atoms with E-state index >= 15 is 0 Å². The molecule has 0 bridgehead atoms. The number of nitrogens with zero attached hydrogens (tertiary/aromatic N) is 2. The second-order valence-corrected chi connectivity index (χ2v) is 11.1. The predicted molar refractivity (Wildman–Crippen MR) is 187 cm³/mol. The van der Waals surface area contributed by atoms with E-state index in [0.717, 1.165) is 39.9 Å². The molecule has 0 aliphatic rings. The number of hydrogen-bond donors (Lipinski definition) is 0. The van der Waals surface area contributed by atoms with E-state index in [-0.39, 0.29) is 0 Å². The molecule has 0 aliphatic heterocycles. The van der Waals surface area contributed by atoms with Crippen molar-refractivity contribution in [3.63, 3.8) is 0 Å². The van der Waals surface area contributed by atoms with Gasteiger partial charge >= 0.3 is 0 Å². The van der Waals surface area contributed by atoms with Crippen LogP contribution < -0.4 is 14.5 Å². The number of benzene rings is 7. The van der Waals surface area contributed by atoms with Gasteiger partial charge in [0.25, 0.3) is 0 Å². The molecule has 0 radical (unpaired) electrons. The number of para-hydroxylation sites is 3. The molecule has 7 aromatic rings. The summed E-state index contributed by atoms with van der Waals surface area (Å²) in [6, 6.07) is 53.7. The van der Waals surface area contributed by atoms with Crippen molar-refractivity contribution in [1.82, 2.24) is 0 Å². The van der Waals surface area contributed by atoms with Gasteiger partial charge in [-0.15, -0.1) is 0 Å². The van der Waals surface area contributed by atoms with Gasteiger partial charge in [0.2, 0.25) is 0 Å². The SMILES string of the molecule is COc1ccc(N(c2ccccc2)c2ccc3c(C)c4cc(N(c5ccccc5)c5ccccc5)ccc4c(C)c3c2)cc1. The third kappa shape index (κ3) is 4.93. The average molecular weight is 571 g/mol. The molecule has 7 aromatic carbocycles. The number of rotatable bonds is 7. The molecule has 0 unspecified atom stereocenters. The first-order chi connectivity index (χ1) is 21.6. The van der Waals surface area contributed by atoms with Crippen LogP contribution in [0.5, 0.6) is 5.75 Å². The third-order valence-corrected chi connectivity index (χ3v) is 8.51. The van der Waals surface area contributed by atoms with E-state index in [2.05, 4.69) is 163 Å². The highest BCUT2D eigenvalue weighted by Crippen LogP contribution is 2.42. The fourth-order valence-corrected chi connectivity index (χ4v) is 6.26. The van der Waals surface area contributed by atoms with Gasteiger partial charge in [-0.1, -0.05) is 66.7 Å². The van der Waals surface area contributed by atoms with Crippen molar-refractivity contribution in [2.75, 3.05) is 16.9 Å². The molecule has 0 aromatic heterocycles. The molecular formula is C41H34N2O. The standard InChI is InChI=1S/C41H34N2O/c1-29-39-26-22-36(43(33-17-11-6-12-18-33)34-19-23-37(44-3)24-20-34)28-41(39)30(2)38-25-21-35(27-40(29)38)42(31-13-7-4-8-14-31)32-15-9-5-10-16-32/h4-28H,1-3H3. The first-order valence-corrected chi connectivity index (χ1v) is 15.0. The van der Waals surface area contributed by atoms with Gasteiger partial charge in [-0.05, 0) is 131 Å². The van der Waals surface area contributed by atoms with Crippen molar-refractivity contribution < 1.29 is 4.74 Å². The van der Waals surface area contributed by atoms with Crippen LogP contribution in [0.4, 0.5) is 34.1 Å². The molecule has 0 heterocycles. The Morgan fingerprint density at radius 3 is 1.07 bits per heavy atom. The number of hydrogen-bond acceptors (Lipinski definition) is 3. The van der Waals surface area contributed by atoms with Crippen LogP contribution in [-0.4, -0.2) is 7.11 Å². The maximum Gasteiger partial charge on any atom is 0.119 e. The van der Waals surface area contributed by atoms with E-state index in [1.54, 1.807) is 7.11 Å². The maximum absolute atomic E-state index is 5.44. The van der Waals surface area contributed by atoms with E-state index in [9.17, 15) is 0 Å². The molecule has 44 heavy (non-hydrogen) atoms. The Morgan fingerprint density at radius 2 is 0.705 bits per heavy atom. The van der Waals surface area contributed by atoms with E-state index < -0.39 is 0 Å². The van der Waals surface area contributed by atoms with Crippen LogP contribution in [0.3, 0.4) is 0 Å². The fraction of sp³-hybridized carbons (Fsp3) is 0.0732. The lowest BCUT2D eigenvalue weighted by atomic mass is 9.92. The van der Waals surface area contributed by atoms with Crippen LogP contribution in [0, 0.1) is 13.8 Å². The zero-order valence-corrected chi connectivity index (χ0v) is 25.2. The summed E-state index contributed by atoms with van der Waals surface area (Å²) in [5, 5.41) is 5.07. The Bertz CT molecular complexity index is 2020. The summed E-state index contributed by atoms with van der Waals surface area (Å²) >= 11 is 0. The first kappa shape index (κ1) is 27.3. The van der Waals surface area contributed by atoms with E-state index in [1.165, 1.54) is 32.7 Å². The summed E-state index contributed by atoms with van der Waals surface area (Å²) in [6.45, 7) is 4.50. The summed E-state index contributed by atoms with van der Waals surface area (Å²) in [6.07, 6.45) is 0. The van der Waals surface area contributed by atoms with Crippen LogP contribution in [0.25, 0.3) is 21.5 Å². The Hall–Kier alpha value is -5.54. The molecule has 0 saturated carbocycles. The number of methoxy groups -OCH3 is 1. The van der Waals surface area contributed by atoms with Gasteiger partial charge < -0.3 is 14.5 Å². The molecule has 0 spiro atoms. The van der Waals surface area contributed by atoms with Crippen molar-refractivity contribution >= 4 is 55.7 Å². The highest BCUT2D eigenvalue weighted by atomic mass is 16.5. The Balaban J connectivity index is 1.38. The van der Waals surface area contributed by atoms with Crippen LogP contribution >= 0.6 is 0 Å². The molecule has 0 N–H and O–H groups in total. The highest BCUT2D eigenvalue weighted by Gasteiger charge is 2.18. The van der Waals surface area contributed by atoms with E-state index in [0.29, 0.717) is 0 Å². The minimum Gasteiger partial charge on any atom is -0.497 e. The second-order valence-electron chi connectivity index (χ2n) is 11.1. The van der Waals surface area contributed by atoms with Gasteiger partial charge in [0.1, 0.15) is 5.75 Å². The van der Waals surface area contributed by atoms with Crippen LogP contribution in [0.15, 0.2) is 152 Å². The number of ether oxygens (including phenoxy) is 1. The van der Waals surface area contributed by atoms with Crippen LogP contribution in [0.1, 0.15) is 11.1 Å². The Labute approximate surface area is 259 Å². The molecule has 3 heteroatoms. The molecule has 7 rings (SSSR count). The van der Waals surface area contributed by atoms with Crippen LogP contribution in [-0.2, 0) is 0 Å². The lowest BCUT2D eigenvalue weighted by Crippen LogP contribution is -2.10. The van der Waals surface area contributed by atoms with Crippen molar-refractivity contribution in [3.05, 3.63) is 163 Å². The van der Waals surface area contributed by atoms with Crippen molar-refractivity contribution in [2.24, 2.45) is 0 Å². The zero-order chi connectivity index (χ0) is 30.0. The van der Waals surface area contributed by atoms with E-state index in [1.807, 2.05) is 12.1 Å². The van der Waals surface area contributed by atoms with Crippen molar-refractivity contribution in [3.8, 4) is 5.75 Å². The minimum atomic E-state index is 0.843. The minimum absolute atomic E-state index is 0.843. The smallest absolute Gasteiger partial charge is 0.119 e. The molecule has 0 atom stereocenters. The second kappa shape index (κ2) is 11.6. The lowest BCUT2D eigenvalue weighted by Gasteiger charge is -2.27. The van der Waals surface area contributed by atoms with Gasteiger partial charge in [0, 0.05) is 34.1 Å². The largest absolute Gasteiger partial charge is 0.497 e. The monoisotopic (exact) mass is 570 g/mol. The normalized spacial score (nSPS) is 11.1. The van der Waals surface area contributed by atoms with Crippen molar-refractivity contribution in [1.29, 1.82) is 0 Å². The summed E-state index contributed by atoms with van der Waals surface area (Å²) in [7, 11) is 1.70. The maximum atomic E-state index is 5.44. The van der Waals surface area contributed by atoms with Gasteiger partial charge in [0.05, 0.1) is 7.11 Å². The highest BCUT2D eigenvalue weighted by molar-refractivity contribution is 6.08. The average Bonchev–Trinajstić information content (AvgIpc) is 3.09. The Morgan fingerprint density at radius 1 is 0.364 bits per heavy atom. The topological polar surface area (TPSA) is 15.7 Å². The molecule has 0 fully saturated rings. The molecular weight excluding hydrogens is 536 g/mol. The zero-order valence-electron chi connectivity index (χ0n) is 25.2. The summed E-state index contributed by atoms with van der Waals surface area (Å²) < 4.78 is 5.44.